The van der Waals surface area contributed by atoms with Gasteiger partial charge in [-0.25, -0.2) is 0 Å². The second-order valence-electron chi connectivity index (χ2n) is 7.09. The van der Waals surface area contributed by atoms with Crippen molar-refractivity contribution in [3.05, 3.63) is 48.7 Å². The van der Waals surface area contributed by atoms with Crippen molar-refractivity contribution in [2.75, 3.05) is 20.2 Å². The molecule has 0 amide bonds. The molecule has 0 bridgehead atoms. The van der Waals surface area contributed by atoms with Gasteiger partial charge in [-0.1, -0.05) is 13.0 Å². The number of rotatable bonds is 6. The number of aliphatic hydroxyl groups is 1. The van der Waals surface area contributed by atoms with Gasteiger partial charge in [0.05, 0.1) is 18.7 Å². The molecule has 25 heavy (non-hydrogen) atoms. The highest BCUT2D eigenvalue weighted by atomic mass is 16.5. The molecule has 1 aromatic carbocycles. The lowest BCUT2D eigenvalue weighted by atomic mass is 9.78. The quantitative estimate of drug-likeness (QED) is 0.787. The highest BCUT2D eigenvalue weighted by molar-refractivity contribution is 5.83. The molecule has 0 aliphatic carbocycles. The standard InChI is InChI=1S/C21H28N2O2/c1-4-15-13-22-9-7-16(15)11-14(2)21(24)18-8-10-23-20-6-5-17(25-3)12-19(18)20/h4-6,8,10,12,14-16,21-22,24H,1,7,9,11,13H2,2-3H3/t14?,15?,16?,21-/m1/s1. The number of hydrogen-bond acceptors (Lipinski definition) is 4. The van der Waals surface area contributed by atoms with Crippen molar-refractivity contribution in [1.82, 2.24) is 10.3 Å². The Morgan fingerprint density at radius 3 is 3.04 bits per heavy atom. The van der Waals surface area contributed by atoms with Crippen molar-refractivity contribution < 1.29 is 9.84 Å². The van der Waals surface area contributed by atoms with Crippen LogP contribution in [0.5, 0.6) is 5.75 Å². The second-order valence-corrected chi connectivity index (χ2v) is 7.09. The predicted octanol–water partition coefficient (Wildman–Crippen LogP) is 3.71. The monoisotopic (exact) mass is 340 g/mol. The zero-order valence-electron chi connectivity index (χ0n) is 15.1. The summed E-state index contributed by atoms with van der Waals surface area (Å²) in [5, 5.41) is 15.4. The third-order valence-corrected chi connectivity index (χ3v) is 5.49. The Kier molecular flexibility index (Phi) is 5.71. The van der Waals surface area contributed by atoms with Crippen LogP contribution in [0.15, 0.2) is 43.1 Å². The average Bonchev–Trinajstić information content (AvgIpc) is 2.66. The third-order valence-electron chi connectivity index (χ3n) is 5.49. The van der Waals surface area contributed by atoms with Gasteiger partial charge in [0, 0.05) is 18.1 Å². The molecule has 4 atom stereocenters. The molecular weight excluding hydrogens is 312 g/mol. The van der Waals surface area contributed by atoms with E-state index in [4.69, 9.17) is 4.74 Å². The molecule has 0 radical (unpaired) electrons. The van der Waals surface area contributed by atoms with E-state index in [2.05, 4.69) is 29.9 Å². The van der Waals surface area contributed by atoms with Gasteiger partial charge < -0.3 is 15.2 Å². The van der Waals surface area contributed by atoms with Gasteiger partial charge in [-0.15, -0.1) is 6.58 Å². The molecule has 1 aliphatic heterocycles. The van der Waals surface area contributed by atoms with Crippen LogP contribution in [0, 0.1) is 17.8 Å². The van der Waals surface area contributed by atoms with Gasteiger partial charge in [0.15, 0.2) is 0 Å². The van der Waals surface area contributed by atoms with Crippen molar-refractivity contribution in [2.24, 2.45) is 17.8 Å². The van der Waals surface area contributed by atoms with E-state index < -0.39 is 6.10 Å². The van der Waals surface area contributed by atoms with Gasteiger partial charge in [0.1, 0.15) is 5.75 Å². The number of benzene rings is 1. The molecule has 2 heterocycles. The van der Waals surface area contributed by atoms with E-state index >= 15 is 0 Å². The number of hydrogen-bond donors (Lipinski definition) is 2. The summed E-state index contributed by atoms with van der Waals surface area (Å²) in [5.74, 6) is 2.01. The summed E-state index contributed by atoms with van der Waals surface area (Å²) >= 11 is 0. The molecular formula is C21H28N2O2. The van der Waals surface area contributed by atoms with Crippen molar-refractivity contribution in [2.45, 2.75) is 25.9 Å². The Morgan fingerprint density at radius 1 is 1.44 bits per heavy atom. The maximum Gasteiger partial charge on any atom is 0.119 e. The van der Waals surface area contributed by atoms with Crippen LogP contribution in [0.3, 0.4) is 0 Å². The molecule has 0 spiro atoms. The molecule has 1 aliphatic rings. The van der Waals surface area contributed by atoms with Crippen LogP contribution < -0.4 is 10.1 Å². The van der Waals surface area contributed by atoms with Crippen LogP contribution in [0.1, 0.15) is 31.4 Å². The van der Waals surface area contributed by atoms with Crippen LogP contribution in [0.25, 0.3) is 10.9 Å². The van der Waals surface area contributed by atoms with Crippen molar-refractivity contribution in [1.29, 1.82) is 0 Å². The first-order valence-electron chi connectivity index (χ1n) is 9.08. The van der Waals surface area contributed by atoms with E-state index in [9.17, 15) is 5.11 Å². The van der Waals surface area contributed by atoms with Crippen molar-refractivity contribution in [3.8, 4) is 5.75 Å². The van der Waals surface area contributed by atoms with E-state index in [1.807, 2.05) is 24.3 Å². The van der Waals surface area contributed by atoms with E-state index in [1.165, 1.54) is 0 Å². The number of aromatic nitrogens is 1. The first-order chi connectivity index (χ1) is 12.1. The summed E-state index contributed by atoms with van der Waals surface area (Å²) in [7, 11) is 1.66. The molecule has 134 valence electrons. The van der Waals surface area contributed by atoms with E-state index in [1.54, 1.807) is 13.3 Å². The fraction of sp³-hybridized carbons (Fsp3) is 0.476. The molecule has 2 aromatic rings. The molecule has 3 rings (SSSR count). The fourth-order valence-corrected chi connectivity index (χ4v) is 3.95. The van der Waals surface area contributed by atoms with Gasteiger partial charge in [-0.3, -0.25) is 4.98 Å². The summed E-state index contributed by atoms with van der Waals surface area (Å²) < 4.78 is 5.34. The van der Waals surface area contributed by atoms with Gasteiger partial charge in [0.2, 0.25) is 0 Å². The normalized spacial score (nSPS) is 23.2. The maximum absolute atomic E-state index is 11.0. The molecule has 1 aromatic heterocycles. The van der Waals surface area contributed by atoms with Gasteiger partial charge in [-0.05, 0) is 67.0 Å². The minimum absolute atomic E-state index is 0.169. The number of pyridine rings is 1. The predicted molar refractivity (Wildman–Crippen MR) is 102 cm³/mol. The second kappa shape index (κ2) is 7.98. The average molecular weight is 340 g/mol. The zero-order valence-corrected chi connectivity index (χ0v) is 15.1. The zero-order chi connectivity index (χ0) is 17.8. The lowest BCUT2D eigenvalue weighted by Crippen LogP contribution is -2.36. The molecule has 1 fully saturated rings. The molecule has 4 heteroatoms. The first-order valence-corrected chi connectivity index (χ1v) is 9.08. The van der Waals surface area contributed by atoms with Gasteiger partial charge in [-0.2, -0.15) is 0 Å². The summed E-state index contributed by atoms with van der Waals surface area (Å²) in [5.41, 5.74) is 1.82. The van der Waals surface area contributed by atoms with Crippen LogP contribution in [-0.4, -0.2) is 30.3 Å². The van der Waals surface area contributed by atoms with Gasteiger partial charge >= 0.3 is 0 Å². The lowest BCUT2D eigenvalue weighted by molar-refractivity contribution is 0.0928. The third kappa shape index (κ3) is 3.86. The van der Waals surface area contributed by atoms with Crippen LogP contribution >= 0.6 is 0 Å². The highest BCUT2D eigenvalue weighted by Crippen LogP contribution is 2.35. The minimum atomic E-state index is -0.516. The van der Waals surface area contributed by atoms with E-state index in [0.29, 0.717) is 11.8 Å². The largest absolute Gasteiger partial charge is 0.497 e. The number of ether oxygens (including phenoxy) is 1. The fourth-order valence-electron chi connectivity index (χ4n) is 3.95. The van der Waals surface area contributed by atoms with Crippen molar-refractivity contribution >= 4 is 10.9 Å². The number of methoxy groups -OCH3 is 1. The Labute approximate surface area is 149 Å². The van der Waals surface area contributed by atoms with Crippen LogP contribution in [0.4, 0.5) is 0 Å². The number of aliphatic hydroxyl groups excluding tert-OH is 1. The number of nitrogens with one attached hydrogen (secondary N) is 1. The molecule has 3 unspecified atom stereocenters. The van der Waals surface area contributed by atoms with Gasteiger partial charge in [0.25, 0.3) is 0 Å². The highest BCUT2D eigenvalue weighted by Gasteiger charge is 2.28. The van der Waals surface area contributed by atoms with E-state index in [-0.39, 0.29) is 5.92 Å². The molecule has 1 saturated heterocycles. The number of piperidine rings is 1. The number of nitrogens with zero attached hydrogens (tertiary/aromatic N) is 1. The Morgan fingerprint density at radius 2 is 2.28 bits per heavy atom. The summed E-state index contributed by atoms with van der Waals surface area (Å²) in [6, 6.07) is 7.73. The van der Waals surface area contributed by atoms with Crippen molar-refractivity contribution in [3.63, 3.8) is 0 Å². The molecule has 2 N–H and O–H groups in total. The van der Waals surface area contributed by atoms with Crippen LogP contribution in [0.2, 0.25) is 0 Å². The Balaban J connectivity index is 1.83. The Bertz CT molecular complexity index is 731. The minimum Gasteiger partial charge on any atom is -0.497 e. The Hall–Kier alpha value is -1.91. The SMILES string of the molecule is C=CC1CNCCC1CC(C)[C@@H](O)c1ccnc2ccc(OC)cc12. The molecule has 0 saturated carbocycles. The van der Waals surface area contributed by atoms with E-state index in [0.717, 1.165) is 48.1 Å². The summed E-state index contributed by atoms with van der Waals surface area (Å²) in [6.07, 6.45) is 5.45. The first kappa shape index (κ1) is 17.9. The summed E-state index contributed by atoms with van der Waals surface area (Å²) in [4.78, 5) is 4.41. The summed E-state index contributed by atoms with van der Waals surface area (Å²) in [6.45, 7) is 8.16. The lowest BCUT2D eigenvalue weighted by Gasteiger charge is -2.33. The number of fused-ring (bicyclic) bond motifs is 1. The topological polar surface area (TPSA) is 54.4 Å². The smallest absolute Gasteiger partial charge is 0.119 e. The molecule has 4 nitrogen and oxygen atoms in total. The van der Waals surface area contributed by atoms with Crippen LogP contribution in [-0.2, 0) is 0 Å². The maximum atomic E-state index is 11.0.